The molecule has 6 nitrogen and oxygen atoms in total. The maximum atomic E-state index is 13.0. The van der Waals surface area contributed by atoms with E-state index < -0.39 is 17.5 Å². The first kappa shape index (κ1) is 18.2. The van der Waals surface area contributed by atoms with Crippen molar-refractivity contribution in [2.45, 2.75) is 69.2 Å². The van der Waals surface area contributed by atoms with Gasteiger partial charge in [0.1, 0.15) is 11.2 Å². The highest BCUT2D eigenvalue weighted by Gasteiger charge is 2.36. The summed E-state index contributed by atoms with van der Waals surface area (Å²) in [5.41, 5.74) is -1.54. The molecule has 146 valence electrons. The second-order valence-corrected chi connectivity index (χ2v) is 7.58. The lowest BCUT2D eigenvalue weighted by molar-refractivity contribution is -0.141. The van der Waals surface area contributed by atoms with E-state index in [0.717, 1.165) is 38.2 Å². The summed E-state index contributed by atoms with van der Waals surface area (Å²) in [6.45, 7) is 0. The summed E-state index contributed by atoms with van der Waals surface area (Å²) < 4.78 is 40.7. The zero-order chi connectivity index (χ0) is 19.2. The first-order valence-electron chi connectivity index (χ1n) is 9.24. The second kappa shape index (κ2) is 6.47. The maximum absolute atomic E-state index is 13.0. The Hall–Kier alpha value is -2.16. The molecule has 0 unspecified atom stereocenters. The molecule has 2 aliphatic carbocycles. The van der Waals surface area contributed by atoms with Gasteiger partial charge in [-0.3, -0.25) is 14.7 Å². The molecular weight excluding hydrogens is 361 g/mol. The van der Waals surface area contributed by atoms with Gasteiger partial charge in [-0.2, -0.15) is 13.2 Å². The van der Waals surface area contributed by atoms with Gasteiger partial charge in [0.2, 0.25) is 11.9 Å². The zero-order valence-electron chi connectivity index (χ0n) is 14.7. The molecular formula is C18H21F3N4O2. The Labute approximate surface area is 153 Å². The molecule has 2 fully saturated rings. The van der Waals surface area contributed by atoms with Crippen LogP contribution in [0.15, 0.2) is 12.1 Å². The molecule has 4 rings (SSSR count). The third kappa shape index (κ3) is 3.52. The normalized spacial score (nSPS) is 20.0. The van der Waals surface area contributed by atoms with Crippen LogP contribution in [0.25, 0.3) is 11.2 Å². The second-order valence-electron chi connectivity index (χ2n) is 7.58. The van der Waals surface area contributed by atoms with E-state index in [2.05, 4.69) is 15.3 Å². The number of aromatic nitrogens is 3. The molecule has 0 bridgehead atoms. The first-order chi connectivity index (χ1) is 12.8. The van der Waals surface area contributed by atoms with E-state index in [1.54, 1.807) is 4.57 Å². The molecule has 1 amide bonds. The van der Waals surface area contributed by atoms with Crippen molar-refractivity contribution in [3.8, 4) is 0 Å². The van der Waals surface area contributed by atoms with Crippen molar-refractivity contribution in [1.29, 1.82) is 0 Å². The minimum Gasteiger partial charge on any atom is -0.389 e. The number of halogens is 3. The molecule has 2 aliphatic rings. The topological polar surface area (TPSA) is 80.0 Å². The van der Waals surface area contributed by atoms with Crippen LogP contribution in [0.4, 0.5) is 19.1 Å². The van der Waals surface area contributed by atoms with Crippen molar-refractivity contribution in [3.05, 3.63) is 17.8 Å². The average Bonchev–Trinajstić information content (AvgIpc) is 3.09. The quantitative estimate of drug-likeness (QED) is 0.843. The SMILES string of the molecule is O=C(CC1(O)CCCC1)Nc1nc2ccc(C(F)(F)F)nc2n1C1CCC1. The third-order valence-electron chi connectivity index (χ3n) is 5.54. The molecule has 2 aromatic heterocycles. The highest BCUT2D eigenvalue weighted by atomic mass is 19.4. The summed E-state index contributed by atoms with van der Waals surface area (Å²) in [4.78, 5) is 20.5. The Balaban J connectivity index is 1.66. The number of hydrogen-bond acceptors (Lipinski definition) is 4. The van der Waals surface area contributed by atoms with E-state index >= 15 is 0 Å². The number of nitrogens with zero attached hydrogens (tertiary/aromatic N) is 3. The smallest absolute Gasteiger partial charge is 0.389 e. The van der Waals surface area contributed by atoms with Gasteiger partial charge in [-0.25, -0.2) is 9.97 Å². The third-order valence-corrected chi connectivity index (χ3v) is 5.54. The Kier molecular flexibility index (Phi) is 4.37. The van der Waals surface area contributed by atoms with Crippen LogP contribution in [0.5, 0.6) is 0 Å². The van der Waals surface area contributed by atoms with Crippen molar-refractivity contribution < 1.29 is 23.1 Å². The minimum absolute atomic E-state index is 0.0316. The lowest BCUT2D eigenvalue weighted by Gasteiger charge is -2.29. The fourth-order valence-corrected chi connectivity index (χ4v) is 3.89. The summed E-state index contributed by atoms with van der Waals surface area (Å²) in [6, 6.07) is 2.14. The summed E-state index contributed by atoms with van der Waals surface area (Å²) in [7, 11) is 0. The van der Waals surface area contributed by atoms with Gasteiger partial charge in [-0.1, -0.05) is 12.8 Å². The fraction of sp³-hybridized carbons (Fsp3) is 0.611. The molecule has 0 radical (unpaired) electrons. The first-order valence-corrected chi connectivity index (χ1v) is 9.24. The van der Waals surface area contributed by atoms with Crippen LogP contribution in [0.2, 0.25) is 0 Å². The summed E-state index contributed by atoms with van der Waals surface area (Å²) in [5.74, 6) is -0.181. The number of amides is 1. The monoisotopic (exact) mass is 382 g/mol. The average molecular weight is 382 g/mol. The van der Waals surface area contributed by atoms with Crippen LogP contribution in [0.1, 0.15) is 63.1 Å². The van der Waals surface area contributed by atoms with E-state index in [1.807, 2.05) is 0 Å². The number of aliphatic hydroxyl groups is 1. The predicted molar refractivity (Wildman–Crippen MR) is 92.1 cm³/mol. The molecule has 2 saturated carbocycles. The lowest BCUT2D eigenvalue weighted by Crippen LogP contribution is -2.32. The van der Waals surface area contributed by atoms with E-state index in [1.165, 1.54) is 6.07 Å². The highest BCUT2D eigenvalue weighted by molar-refractivity contribution is 5.91. The van der Waals surface area contributed by atoms with E-state index in [-0.39, 0.29) is 30.0 Å². The van der Waals surface area contributed by atoms with Gasteiger partial charge in [-0.05, 0) is 44.2 Å². The van der Waals surface area contributed by atoms with Gasteiger partial charge in [0.05, 0.1) is 12.0 Å². The van der Waals surface area contributed by atoms with Crippen LogP contribution in [0.3, 0.4) is 0 Å². The Bertz CT molecular complexity index is 867. The molecule has 0 atom stereocenters. The largest absolute Gasteiger partial charge is 0.433 e. The molecule has 27 heavy (non-hydrogen) atoms. The highest BCUT2D eigenvalue weighted by Crippen LogP contribution is 2.38. The number of pyridine rings is 1. The number of imidazole rings is 1. The number of alkyl halides is 3. The van der Waals surface area contributed by atoms with Crippen LogP contribution in [-0.4, -0.2) is 31.1 Å². The number of carbonyl (C=O) groups excluding carboxylic acids is 1. The summed E-state index contributed by atoms with van der Waals surface area (Å²) in [6.07, 6.45) is 0.915. The molecule has 0 aromatic carbocycles. The van der Waals surface area contributed by atoms with E-state index in [9.17, 15) is 23.1 Å². The fourth-order valence-electron chi connectivity index (χ4n) is 3.89. The number of hydrogen-bond donors (Lipinski definition) is 2. The molecule has 0 aliphatic heterocycles. The van der Waals surface area contributed by atoms with Gasteiger partial charge in [-0.15, -0.1) is 0 Å². The maximum Gasteiger partial charge on any atom is 0.433 e. The summed E-state index contributed by atoms with van der Waals surface area (Å²) in [5, 5.41) is 13.1. The molecule has 2 N–H and O–H groups in total. The van der Waals surface area contributed by atoms with Crippen molar-refractivity contribution >= 4 is 23.0 Å². The number of carbonyl (C=O) groups is 1. The lowest BCUT2D eigenvalue weighted by atomic mass is 9.93. The molecule has 9 heteroatoms. The molecule has 2 aromatic rings. The van der Waals surface area contributed by atoms with Gasteiger partial charge in [0.25, 0.3) is 0 Å². The van der Waals surface area contributed by atoms with Crippen LogP contribution >= 0.6 is 0 Å². The van der Waals surface area contributed by atoms with E-state index in [4.69, 9.17) is 0 Å². The molecule has 2 heterocycles. The van der Waals surface area contributed by atoms with Crippen molar-refractivity contribution in [3.63, 3.8) is 0 Å². The standard InChI is InChI=1S/C18H21F3N4O2/c19-18(20,21)13-7-6-12-15(23-13)25(11-4-3-5-11)16(22-12)24-14(26)10-17(27)8-1-2-9-17/h6-7,11,27H,1-5,8-10H2,(H,22,24,26). The number of fused-ring (bicyclic) bond motifs is 1. The van der Waals surface area contributed by atoms with Crippen molar-refractivity contribution in [2.24, 2.45) is 0 Å². The van der Waals surface area contributed by atoms with Crippen LogP contribution in [-0.2, 0) is 11.0 Å². The zero-order valence-corrected chi connectivity index (χ0v) is 14.7. The number of rotatable bonds is 4. The summed E-state index contributed by atoms with van der Waals surface area (Å²) >= 11 is 0. The van der Waals surface area contributed by atoms with Crippen LogP contribution < -0.4 is 5.32 Å². The van der Waals surface area contributed by atoms with Gasteiger partial charge >= 0.3 is 6.18 Å². The van der Waals surface area contributed by atoms with E-state index in [0.29, 0.717) is 18.4 Å². The minimum atomic E-state index is -4.54. The predicted octanol–water partition coefficient (Wildman–Crippen LogP) is 3.81. The van der Waals surface area contributed by atoms with Gasteiger partial charge in [0.15, 0.2) is 5.65 Å². The van der Waals surface area contributed by atoms with Crippen LogP contribution in [0, 0.1) is 0 Å². The molecule has 0 saturated heterocycles. The Morgan fingerprint density at radius 1 is 1.22 bits per heavy atom. The van der Waals surface area contributed by atoms with Gasteiger partial charge < -0.3 is 5.11 Å². The Morgan fingerprint density at radius 3 is 2.52 bits per heavy atom. The molecule has 0 spiro atoms. The van der Waals surface area contributed by atoms with Gasteiger partial charge in [0, 0.05) is 6.04 Å². The van der Waals surface area contributed by atoms with Crippen molar-refractivity contribution in [2.75, 3.05) is 5.32 Å². The number of anilines is 1. The van der Waals surface area contributed by atoms with Crippen molar-refractivity contribution in [1.82, 2.24) is 14.5 Å². The Morgan fingerprint density at radius 2 is 1.93 bits per heavy atom. The number of nitrogens with one attached hydrogen (secondary N) is 1.